The molecule has 0 aliphatic heterocycles. The highest BCUT2D eigenvalue weighted by atomic mass is 19.4. The summed E-state index contributed by atoms with van der Waals surface area (Å²) in [7, 11) is 0. The first-order chi connectivity index (χ1) is 10.4. The summed E-state index contributed by atoms with van der Waals surface area (Å²) in [5.74, 6) is 0.350. The molecule has 0 spiro atoms. The monoisotopic (exact) mass is 310 g/mol. The molecule has 0 bridgehead atoms. The molecule has 5 nitrogen and oxygen atoms in total. The van der Waals surface area contributed by atoms with Crippen LogP contribution in [0, 0.1) is 0 Å². The van der Waals surface area contributed by atoms with E-state index in [9.17, 15) is 18.0 Å². The van der Waals surface area contributed by atoms with Gasteiger partial charge in [-0.3, -0.25) is 4.79 Å². The van der Waals surface area contributed by atoms with E-state index in [4.69, 9.17) is 0 Å². The summed E-state index contributed by atoms with van der Waals surface area (Å²) in [6, 6.07) is 7.78. The third-order valence-corrected chi connectivity index (χ3v) is 2.72. The lowest BCUT2D eigenvalue weighted by Crippen LogP contribution is -2.11. The van der Waals surface area contributed by atoms with E-state index in [1.54, 1.807) is 6.92 Å². The van der Waals surface area contributed by atoms with Crippen LogP contribution in [0.4, 0.5) is 30.5 Å². The van der Waals surface area contributed by atoms with Crippen LogP contribution >= 0.6 is 0 Å². The number of anilines is 3. The lowest BCUT2D eigenvalue weighted by Gasteiger charge is -2.10. The highest BCUT2D eigenvalue weighted by molar-refractivity contribution is 5.89. The van der Waals surface area contributed by atoms with Crippen LogP contribution in [0.3, 0.4) is 0 Å². The van der Waals surface area contributed by atoms with Gasteiger partial charge in [-0.25, -0.2) is 0 Å². The average Bonchev–Trinajstić information content (AvgIpc) is 2.48. The molecular weight excluding hydrogens is 297 g/mol. The smallest absolute Gasteiger partial charge is 0.339 e. The lowest BCUT2D eigenvalue weighted by atomic mass is 10.2. The molecule has 0 aliphatic carbocycles. The Bertz CT molecular complexity index is 656. The zero-order valence-corrected chi connectivity index (χ0v) is 11.6. The minimum Gasteiger partial charge on any atom is -0.339 e. The maximum absolute atomic E-state index is 12.6. The van der Waals surface area contributed by atoms with E-state index in [-0.39, 0.29) is 23.2 Å². The maximum atomic E-state index is 12.6. The predicted octanol–water partition coefficient (Wildman–Crippen LogP) is 3.59. The first kappa shape index (κ1) is 15.7. The second-order valence-corrected chi connectivity index (χ2v) is 4.41. The number of carbonyl (C=O) groups is 1. The Kier molecular flexibility index (Phi) is 4.59. The molecule has 2 rings (SSSR count). The van der Waals surface area contributed by atoms with Gasteiger partial charge in [0.25, 0.3) is 0 Å². The number of amides is 1. The van der Waals surface area contributed by atoms with Crippen LogP contribution in [-0.2, 0) is 11.0 Å². The SMILES string of the molecule is CCC(=O)Nc1ccc(Nc2cccc(C(F)(F)F)c2)nn1. The molecular formula is C14H13F3N4O. The topological polar surface area (TPSA) is 66.9 Å². The minimum atomic E-state index is -4.41. The van der Waals surface area contributed by atoms with Gasteiger partial charge in [-0.15, -0.1) is 10.2 Å². The van der Waals surface area contributed by atoms with Gasteiger partial charge in [0.05, 0.1) is 5.56 Å². The summed E-state index contributed by atoms with van der Waals surface area (Å²) in [5, 5.41) is 12.8. The van der Waals surface area contributed by atoms with E-state index in [2.05, 4.69) is 20.8 Å². The molecule has 116 valence electrons. The number of nitrogens with one attached hydrogen (secondary N) is 2. The maximum Gasteiger partial charge on any atom is 0.416 e. The average molecular weight is 310 g/mol. The van der Waals surface area contributed by atoms with E-state index >= 15 is 0 Å². The molecule has 2 N–H and O–H groups in total. The van der Waals surface area contributed by atoms with Crippen molar-refractivity contribution in [3.63, 3.8) is 0 Å². The van der Waals surface area contributed by atoms with Crippen molar-refractivity contribution in [2.45, 2.75) is 19.5 Å². The van der Waals surface area contributed by atoms with E-state index in [0.29, 0.717) is 6.42 Å². The van der Waals surface area contributed by atoms with Gasteiger partial charge in [-0.1, -0.05) is 13.0 Å². The van der Waals surface area contributed by atoms with Crippen molar-refractivity contribution in [2.75, 3.05) is 10.6 Å². The lowest BCUT2D eigenvalue weighted by molar-refractivity contribution is -0.137. The van der Waals surface area contributed by atoms with Crippen molar-refractivity contribution in [3.8, 4) is 0 Å². The van der Waals surface area contributed by atoms with Gasteiger partial charge in [-0.2, -0.15) is 13.2 Å². The molecule has 8 heteroatoms. The highest BCUT2D eigenvalue weighted by Gasteiger charge is 2.30. The fourth-order valence-corrected chi connectivity index (χ4v) is 1.62. The predicted molar refractivity (Wildman–Crippen MR) is 75.7 cm³/mol. The van der Waals surface area contributed by atoms with Crippen molar-refractivity contribution < 1.29 is 18.0 Å². The quantitative estimate of drug-likeness (QED) is 0.905. The van der Waals surface area contributed by atoms with Crippen molar-refractivity contribution in [1.82, 2.24) is 10.2 Å². The van der Waals surface area contributed by atoms with Gasteiger partial charge in [0.1, 0.15) is 0 Å². The fraction of sp³-hybridized carbons (Fsp3) is 0.214. The van der Waals surface area contributed by atoms with Gasteiger partial charge >= 0.3 is 6.18 Å². The number of hydrogen-bond acceptors (Lipinski definition) is 4. The Hall–Kier alpha value is -2.64. The number of halogens is 3. The minimum absolute atomic E-state index is 0.201. The van der Waals surface area contributed by atoms with Crippen LogP contribution < -0.4 is 10.6 Å². The summed E-state index contributed by atoms with van der Waals surface area (Å²) in [6.45, 7) is 1.70. The molecule has 22 heavy (non-hydrogen) atoms. The van der Waals surface area contributed by atoms with E-state index in [1.165, 1.54) is 24.3 Å². The fourth-order valence-electron chi connectivity index (χ4n) is 1.62. The summed E-state index contributed by atoms with van der Waals surface area (Å²) in [4.78, 5) is 11.2. The molecule has 0 atom stereocenters. The molecule has 0 unspecified atom stereocenters. The number of benzene rings is 1. The Balaban J connectivity index is 2.09. The van der Waals surface area contributed by atoms with E-state index < -0.39 is 11.7 Å². The van der Waals surface area contributed by atoms with E-state index in [0.717, 1.165) is 12.1 Å². The molecule has 2 aromatic rings. The first-order valence-electron chi connectivity index (χ1n) is 6.46. The van der Waals surface area contributed by atoms with Gasteiger partial charge in [-0.05, 0) is 30.3 Å². The second-order valence-electron chi connectivity index (χ2n) is 4.41. The van der Waals surface area contributed by atoms with Crippen molar-refractivity contribution in [3.05, 3.63) is 42.0 Å². The highest BCUT2D eigenvalue weighted by Crippen LogP contribution is 2.31. The number of carbonyl (C=O) groups excluding carboxylic acids is 1. The van der Waals surface area contributed by atoms with Gasteiger partial charge in [0, 0.05) is 12.1 Å². The molecule has 1 aromatic heterocycles. The third kappa shape index (κ3) is 4.18. The van der Waals surface area contributed by atoms with Crippen LogP contribution in [-0.4, -0.2) is 16.1 Å². The molecule has 0 aliphatic rings. The third-order valence-electron chi connectivity index (χ3n) is 2.72. The summed E-state index contributed by atoms with van der Waals surface area (Å²) in [6.07, 6.45) is -4.09. The number of alkyl halides is 3. The van der Waals surface area contributed by atoms with Crippen LogP contribution in [0.2, 0.25) is 0 Å². The van der Waals surface area contributed by atoms with Gasteiger partial charge < -0.3 is 10.6 Å². The van der Waals surface area contributed by atoms with Crippen molar-refractivity contribution in [1.29, 1.82) is 0 Å². The molecule has 1 aromatic carbocycles. The zero-order chi connectivity index (χ0) is 16.2. The number of nitrogens with zero attached hydrogens (tertiary/aromatic N) is 2. The van der Waals surface area contributed by atoms with Crippen LogP contribution in [0.1, 0.15) is 18.9 Å². The van der Waals surface area contributed by atoms with Crippen LogP contribution in [0.5, 0.6) is 0 Å². The van der Waals surface area contributed by atoms with Crippen molar-refractivity contribution >= 4 is 23.2 Å². The molecule has 0 radical (unpaired) electrons. The number of hydrogen-bond donors (Lipinski definition) is 2. The molecule has 0 saturated heterocycles. The summed E-state index contributed by atoms with van der Waals surface area (Å²) >= 11 is 0. The molecule has 1 amide bonds. The standard InChI is InChI=1S/C14H13F3N4O/c1-2-13(22)19-12-7-6-11(20-21-12)18-10-5-3-4-9(8-10)14(15,16)17/h3-8H,2H2,1H3,(H,18,20)(H,19,21,22). The molecule has 1 heterocycles. The van der Waals surface area contributed by atoms with Gasteiger partial charge in [0.15, 0.2) is 11.6 Å². The largest absolute Gasteiger partial charge is 0.416 e. The Morgan fingerprint density at radius 1 is 1.14 bits per heavy atom. The second kappa shape index (κ2) is 6.42. The Morgan fingerprint density at radius 2 is 1.82 bits per heavy atom. The van der Waals surface area contributed by atoms with E-state index in [1.807, 2.05) is 0 Å². The zero-order valence-electron chi connectivity index (χ0n) is 11.6. The first-order valence-corrected chi connectivity index (χ1v) is 6.46. The van der Waals surface area contributed by atoms with Crippen LogP contribution in [0.15, 0.2) is 36.4 Å². The Labute approximate surface area is 124 Å². The molecule has 0 saturated carbocycles. The molecule has 0 fully saturated rings. The normalized spacial score (nSPS) is 11.1. The van der Waals surface area contributed by atoms with Crippen molar-refractivity contribution in [2.24, 2.45) is 0 Å². The summed E-state index contributed by atoms with van der Waals surface area (Å²) in [5.41, 5.74) is -0.508. The van der Waals surface area contributed by atoms with Crippen LogP contribution in [0.25, 0.3) is 0 Å². The number of aromatic nitrogens is 2. The summed E-state index contributed by atoms with van der Waals surface area (Å²) < 4.78 is 37.9. The number of rotatable bonds is 4. The van der Waals surface area contributed by atoms with Gasteiger partial charge in [0.2, 0.25) is 5.91 Å². The Morgan fingerprint density at radius 3 is 2.41 bits per heavy atom.